The highest BCUT2D eigenvalue weighted by Gasteiger charge is 2.20. The third-order valence-electron chi connectivity index (χ3n) is 3.06. The Morgan fingerprint density at radius 2 is 2.25 bits per heavy atom. The number of amides is 1. The van der Waals surface area contributed by atoms with Gasteiger partial charge in [-0.1, -0.05) is 6.07 Å². The highest BCUT2D eigenvalue weighted by Crippen LogP contribution is 2.22. The monoisotopic (exact) mass is 274 g/mol. The van der Waals surface area contributed by atoms with Crippen LogP contribution in [0.25, 0.3) is 0 Å². The second-order valence-electron chi connectivity index (χ2n) is 4.35. The van der Waals surface area contributed by atoms with E-state index in [9.17, 15) is 4.79 Å². The van der Waals surface area contributed by atoms with Gasteiger partial charge in [-0.15, -0.1) is 0 Å². The van der Waals surface area contributed by atoms with Gasteiger partial charge in [0, 0.05) is 31.5 Å². The summed E-state index contributed by atoms with van der Waals surface area (Å²) in [7, 11) is 3.27. The van der Waals surface area contributed by atoms with Crippen molar-refractivity contribution < 1.29 is 9.53 Å². The van der Waals surface area contributed by atoms with E-state index in [-0.39, 0.29) is 11.6 Å². The molecule has 0 spiro atoms. The van der Waals surface area contributed by atoms with E-state index < -0.39 is 0 Å². The first-order chi connectivity index (χ1) is 9.56. The third kappa shape index (κ3) is 2.59. The van der Waals surface area contributed by atoms with Gasteiger partial charge in [0.2, 0.25) is 0 Å². The van der Waals surface area contributed by atoms with Gasteiger partial charge in [-0.3, -0.25) is 9.48 Å². The maximum Gasteiger partial charge on any atom is 0.280 e. The molecule has 1 aromatic carbocycles. The van der Waals surface area contributed by atoms with Crippen molar-refractivity contribution >= 4 is 17.3 Å². The van der Waals surface area contributed by atoms with Crippen molar-refractivity contribution in [2.24, 2.45) is 0 Å². The zero-order chi connectivity index (χ0) is 14.7. The molecule has 1 aromatic heterocycles. The molecule has 2 N–H and O–H groups in total. The van der Waals surface area contributed by atoms with Gasteiger partial charge in [0.05, 0.1) is 12.8 Å². The number of anilines is 2. The van der Waals surface area contributed by atoms with E-state index in [0.717, 1.165) is 5.69 Å². The normalized spacial score (nSPS) is 10.3. The summed E-state index contributed by atoms with van der Waals surface area (Å²) in [4.78, 5) is 13.9. The Morgan fingerprint density at radius 3 is 2.85 bits per heavy atom. The summed E-state index contributed by atoms with van der Waals surface area (Å²) in [6.45, 7) is 2.60. The molecular formula is C14H18N4O2. The van der Waals surface area contributed by atoms with Crippen molar-refractivity contribution in [3.8, 4) is 5.75 Å². The number of hydrogen-bond acceptors (Lipinski definition) is 4. The predicted molar refractivity (Wildman–Crippen MR) is 78.0 cm³/mol. The number of benzene rings is 1. The molecule has 0 unspecified atom stereocenters. The van der Waals surface area contributed by atoms with Crippen LogP contribution in [-0.4, -0.2) is 29.8 Å². The van der Waals surface area contributed by atoms with E-state index >= 15 is 0 Å². The van der Waals surface area contributed by atoms with Gasteiger partial charge in [-0.05, 0) is 19.1 Å². The van der Waals surface area contributed by atoms with Gasteiger partial charge in [0.15, 0.2) is 5.69 Å². The first-order valence-corrected chi connectivity index (χ1v) is 6.31. The first kappa shape index (κ1) is 13.9. The number of hydrogen-bond donors (Lipinski definition) is 1. The van der Waals surface area contributed by atoms with Gasteiger partial charge >= 0.3 is 0 Å². The first-order valence-electron chi connectivity index (χ1n) is 6.31. The van der Waals surface area contributed by atoms with Crippen molar-refractivity contribution in [1.29, 1.82) is 0 Å². The molecule has 0 bridgehead atoms. The Hall–Kier alpha value is -2.50. The topological polar surface area (TPSA) is 73.4 Å². The standard InChI is InChI=1S/C14H18N4O2/c1-4-18-9-12(15)13(16-18)14(19)17(2)10-6-5-7-11(8-10)20-3/h5-9H,4,15H2,1-3H3. The molecule has 6 nitrogen and oxygen atoms in total. The van der Waals surface area contributed by atoms with E-state index in [1.807, 2.05) is 25.1 Å². The minimum absolute atomic E-state index is 0.247. The number of rotatable bonds is 4. The van der Waals surface area contributed by atoms with Crippen LogP contribution in [0.5, 0.6) is 5.75 Å². The summed E-state index contributed by atoms with van der Waals surface area (Å²) >= 11 is 0. The van der Waals surface area contributed by atoms with Gasteiger partial charge in [-0.25, -0.2) is 0 Å². The number of carbonyl (C=O) groups is 1. The molecule has 0 fully saturated rings. The van der Waals surface area contributed by atoms with Crippen molar-refractivity contribution in [3.63, 3.8) is 0 Å². The van der Waals surface area contributed by atoms with Crippen LogP contribution in [0.15, 0.2) is 30.5 Å². The van der Waals surface area contributed by atoms with Crippen LogP contribution in [-0.2, 0) is 6.54 Å². The van der Waals surface area contributed by atoms with Crippen molar-refractivity contribution in [3.05, 3.63) is 36.2 Å². The largest absolute Gasteiger partial charge is 0.497 e. The van der Waals surface area contributed by atoms with Gasteiger partial charge in [0.1, 0.15) is 5.75 Å². The smallest absolute Gasteiger partial charge is 0.280 e. The Kier molecular flexibility index (Phi) is 3.93. The predicted octanol–water partition coefficient (Wildman–Crippen LogP) is 1.77. The molecule has 1 heterocycles. The second kappa shape index (κ2) is 5.64. The molecule has 1 amide bonds. The summed E-state index contributed by atoms with van der Waals surface area (Å²) in [5.41, 5.74) is 7.20. The lowest BCUT2D eigenvalue weighted by Crippen LogP contribution is -2.27. The highest BCUT2D eigenvalue weighted by molar-refractivity contribution is 6.07. The zero-order valence-electron chi connectivity index (χ0n) is 11.8. The van der Waals surface area contributed by atoms with Gasteiger partial charge in [0.25, 0.3) is 5.91 Å². The lowest BCUT2D eigenvalue weighted by atomic mass is 10.2. The van der Waals surface area contributed by atoms with Crippen molar-refractivity contribution in [2.45, 2.75) is 13.5 Å². The van der Waals surface area contributed by atoms with Crippen molar-refractivity contribution in [1.82, 2.24) is 9.78 Å². The Balaban J connectivity index is 2.29. The van der Waals surface area contributed by atoms with E-state index in [2.05, 4.69) is 5.10 Å². The fourth-order valence-corrected chi connectivity index (χ4v) is 1.86. The maximum atomic E-state index is 12.4. The third-order valence-corrected chi connectivity index (χ3v) is 3.06. The molecule has 106 valence electrons. The van der Waals surface area contributed by atoms with E-state index in [1.165, 1.54) is 4.90 Å². The molecule has 2 rings (SSSR count). The van der Waals surface area contributed by atoms with Crippen LogP contribution in [0, 0.1) is 0 Å². The van der Waals surface area contributed by atoms with Crippen LogP contribution in [0.1, 0.15) is 17.4 Å². The molecule has 0 radical (unpaired) electrons. The van der Waals surface area contributed by atoms with Crippen LogP contribution >= 0.6 is 0 Å². The highest BCUT2D eigenvalue weighted by atomic mass is 16.5. The second-order valence-corrected chi connectivity index (χ2v) is 4.35. The summed E-state index contributed by atoms with van der Waals surface area (Å²) in [6, 6.07) is 7.26. The number of carbonyl (C=O) groups excluding carboxylic acids is 1. The van der Waals surface area contributed by atoms with Crippen LogP contribution in [0.2, 0.25) is 0 Å². The molecule has 0 saturated heterocycles. The zero-order valence-corrected chi connectivity index (χ0v) is 11.8. The molecule has 0 saturated carbocycles. The van der Waals surface area contributed by atoms with E-state index in [4.69, 9.17) is 10.5 Å². The molecule has 6 heteroatoms. The molecular weight excluding hydrogens is 256 g/mol. The minimum Gasteiger partial charge on any atom is -0.497 e. The molecule has 20 heavy (non-hydrogen) atoms. The van der Waals surface area contributed by atoms with Gasteiger partial charge < -0.3 is 15.4 Å². The van der Waals surface area contributed by atoms with Crippen LogP contribution in [0.3, 0.4) is 0 Å². The van der Waals surface area contributed by atoms with Gasteiger partial charge in [-0.2, -0.15) is 5.10 Å². The fourth-order valence-electron chi connectivity index (χ4n) is 1.86. The van der Waals surface area contributed by atoms with E-state index in [1.54, 1.807) is 31.1 Å². The number of methoxy groups -OCH3 is 1. The Labute approximate surface area is 117 Å². The molecule has 2 aromatic rings. The molecule has 0 aliphatic carbocycles. The number of ether oxygens (including phenoxy) is 1. The van der Waals surface area contributed by atoms with Crippen molar-refractivity contribution in [2.75, 3.05) is 24.8 Å². The summed E-state index contributed by atoms with van der Waals surface area (Å²) in [5.74, 6) is 0.442. The Bertz CT molecular complexity index is 621. The van der Waals surface area contributed by atoms with Crippen LogP contribution < -0.4 is 15.4 Å². The SMILES string of the molecule is CCn1cc(N)c(C(=O)N(C)c2cccc(OC)c2)n1. The average molecular weight is 274 g/mol. The number of aromatic nitrogens is 2. The lowest BCUT2D eigenvalue weighted by molar-refractivity contribution is 0.0988. The number of aryl methyl sites for hydroxylation is 1. The quantitative estimate of drug-likeness (QED) is 0.922. The number of nitrogens with two attached hydrogens (primary N) is 1. The number of nitrogen functional groups attached to an aromatic ring is 1. The molecule has 0 aliphatic heterocycles. The molecule has 0 atom stereocenters. The lowest BCUT2D eigenvalue weighted by Gasteiger charge is -2.17. The van der Waals surface area contributed by atoms with Crippen LogP contribution in [0.4, 0.5) is 11.4 Å². The minimum atomic E-state index is -0.247. The Morgan fingerprint density at radius 1 is 1.50 bits per heavy atom. The summed E-state index contributed by atoms with van der Waals surface area (Å²) in [5, 5.41) is 4.19. The molecule has 0 aliphatic rings. The van der Waals surface area contributed by atoms with E-state index in [0.29, 0.717) is 18.0 Å². The number of nitrogens with zero attached hydrogens (tertiary/aromatic N) is 3. The summed E-state index contributed by atoms with van der Waals surface area (Å²) in [6.07, 6.45) is 1.66. The maximum absolute atomic E-state index is 12.4. The fraction of sp³-hybridized carbons (Fsp3) is 0.286. The summed E-state index contributed by atoms with van der Waals surface area (Å²) < 4.78 is 6.79. The average Bonchev–Trinajstić information content (AvgIpc) is 2.87.